The lowest BCUT2D eigenvalue weighted by molar-refractivity contribution is 0.102. The predicted molar refractivity (Wildman–Crippen MR) is 89.8 cm³/mol. The fourth-order valence-electron chi connectivity index (χ4n) is 2.32. The van der Waals surface area contributed by atoms with Gasteiger partial charge in [-0.1, -0.05) is 24.3 Å². The van der Waals surface area contributed by atoms with E-state index in [9.17, 15) is 4.79 Å². The summed E-state index contributed by atoms with van der Waals surface area (Å²) in [5, 5.41) is 3.88. The summed E-state index contributed by atoms with van der Waals surface area (Å²) >= 11 is 0. The van der Waals surface area contributed by atoms with Crippen molar-refractivity contribution in [3.05, 3.63) is 66.5 Å². The van der Waals surface area contributed by atoms with Crippen LogP contribution in [0.25, 0.3) is 16.5 Å². The lowest BCUT2D eigenvalue weighted by Gasteiger charge is -2.06. The highest BCUT2D eigenvalue weighted by Gasteiger charge is 2.08. The Morgan fingerprint density at radius 1 is 1.18 bits per heavy atom. The van der Waals surface area contributed by atoms with Gasteiger partial charge in [0.2, 0.25) is 0 Å². The molecule has 3 aromatic rings. The van der Waals surface area contributed by atoms with E-state index in [1.54, 1.807) is 18.3 Å². The maximum absolute atomic E-state index is 12.3. The summed E-state index contributed by atoms with van der Waals surface area (Å²) in [6, 6.07) is 11.2. The summed E-state index contributed by atoms with van der Waals surface area (Å²) in [5.41, 5.74) is 3.63. The van der Waals surface area contributed by atoms with Gasteiger partial charge in [-0.3, -0.25) is 4.79 Å². The van der Waals surface area contributed by atoms with Crippen LogP contribution in [0, 0.1) is 0 Å². The maximum atomic E-state index is 12.3. The highest BCUT2D eigenvalue weighted by Crippen LogP contribution is 2.18. The minimum Gasteiger partial charge on any atom is -0.350 e. The normalized spacial score (nSPS) is 10.6. The van der Waals surface area contributed by atoms with Gasteiger partial charge in [-0.05, 0) is 30.7 Å². The first-order chi connectivity index (χ1) is 10.5. The number of rotatable bonds is 3. The number of aryl methyl sites for hydroxylation is 1. The van der Waals surface area contributed by atoms with E-state index in [0.29, 0.717) is 11.4 Å². The second-order valence-corrected chi connectivity index (χ2v) is 5.37. The molecule has 0 atom stereocenters. The predicted octanol–water partition coefficient (Wildman–Crippen LogP) is 3.86. The largest absolute Gasteiger partial charge is 0.350 e. The van der Waals surface area contributed by atoms with Gasteiger partial charge in [0.25, 0.3) is 5.91 Å². The first-order valence-electron chi connectivity index (χ1n) is 7.03. The van der Waals surface area contributed by atoms with Crippen LogP contribution < -0.4 is 5.32 Å². The molecule has 4 nitrogen and oxygen atoms in total. The molecule has 0 aliphatic rings. The Labute approximate surface area is 129 Å². The number of nitrogens with one attached hydrogen (secondary N) is 1. The average Bonchev–Trinajstić information content (AvgIpc) is 2.88. The van der Waals surface area contributed by atoms with Crippen molar-refractivity contribution in [3.63, 3.8) is 0 Å². The Hall–Kier alpha value is -2.88. The molecular formula is C18H17N3O. The van der Waals surface area contributed by atoms with E-state index in [1.165, 1.54) is 0 Å². The van der Waals surface area contributed by atoms with E-state index in [2.05, 4.69) is 16.9 Å². The highest BCUT2D eigenvalue weighted by molar-refractivity contribution is 6.04. The van der Waals surface area contributed by atoms with Crippen LogP contribution >= 0.6 is 0 Å². The van der Waals surface area contributed by atoms with Crippen molar-refractivity contribution in [2.75, 3.05) is 5.32 Å². The Morgan fingerprint density at radius 3 is 2.55 bits per heavy atom. The van der Waals surface area contributed by atoms with E-state index in [4.69, 9.17) is 0 Å². The molecule has 1 N–H and O–H groups in total. The van der Waals surface area contributed by atoms with Gasteiger partial charge >= 0.3 is 0 Å². The number of hydrogen-bond acceptors (Lipinski definition) is 2. The molecule has 1 amide bonds. The Morgan fingerprint density at radius 2 is 1.86 bits per heavy atom. The van der Waals surface area contributed by atoms with Gasteiger partial charge in [-0.15, -0.1) is 0 Å². The number of amides is 1. The number of carbonyl (C=O) groups is 1. The average molecular weight is 291 g/mol. The third-order valence-electron chi connectivity index (χ3n) is 3.65. The molecule has 0 bridgehead atoms. The maximum Gasteiger partial charge on any atom is 0.256 e. The number of nitrogens with zero attached hydrogens (tertiary/aromatic N) is 2. The van der Waals surface area contributed by atoms with E-state index in [0.717, 1.165) is 22.0 Å². The molecule has 2 aromatic heterocycles. The topological polar surface area (TPSA) is 46.9 Å². The standard InChI is InChI=1S/C18H17N3O/c1-12(2)13-4-6-14(7-5-13)18(22)20-17-10-16-15(11-19-17)8-9-21(16)3/h4-11H,1H2,2-3H3,(H,19,20,22). The Bertz CT molecular complexity index is 860. The minimum atomic E-state index is -0.172. The molecule has 110 valence electrons. The lowest BCUT2D eigenvalue weighted by Crippen LogP contribution is -2.12. The van der Waals surface area contributed by atoms with E-state index >= 15 is 0 Å². The summed E-state index contributed by atoms with van der Waals surface area (Å²) in [7, 11) is 1.96. The number of benzene rings is 1. The number of aromatic nitrogens is 2. The monoisotopic (exact) mass is 291 g/mol. The van der Waals surface area contributed by atoms with Crippen LogP contribution in [-0.4, -0.2) is 15.5 Å². The van der Waals surface area contributed by atoms with Crippen molar-refractivity contribution < 1.29 is 4.79 Å². The van der Waals surface area contributed by atoms with E-state index < -0.39 is 0 Å². The number of hydrogen-bond donors (Lipinski definition) is 1. The second-order valence-electron chi connectivity index (χ2n) is 5.37. The second kappa shape index (κ2) is 5.48. The molecule has 0 radical (unpaired) electrons. The molecular weight excluding hydrogens is 274 g/mol. The SMILES string of the molecule is C=C(C)c1ccc(C(=O)Nc2cc3c(ccn3C)cn2)cc1. The van der Waals surface area contributed by atoms with Gasteiger partial charge in [0.15, 0.2) is 0 Å². The van der Waals surface area contributed by atoms with Crippen molar-refractivity contribution >= 4 is 28.2 Å². The third-order valence-corrected chi connectivity index (χ3v) is 3.65. The molecule has 0 aliphatic heterocycles. The summed E-state index contributed by atoms with van der Waals surface area (Å²) in [6.07, 6.45) is 3.73. The summed E-state index contributed by atoms with van der Waals surface area (Å²) in [6.45, 7) is 5.83. The zero-order valence-electron chi connectivity index (χ0n) is 12.6. The zero-order valence-corrected chi connectivity index (χ0v) is 12.6. The van der Waals surface area contributed by atoms with Crippen LogP contribution in [-0.2, 0) is 7.05 Å². The van der Waals surface area contributed by atoms with Crippen LogP contribution in [0.3, 0.4) is 0 Å². The van der Waals surface area contributed by atoms with Crippen LogP contribution in [0.4, 0.5) is 5.82 Å². The lowest BCUT2D eigenvalue weighted by atomic mass is 10.1. The number of pyridine rings is 1. The summed E-state index contributed by atoms with van der Waals surface area (Å²) in [4.78, 5) is 16.5. The molecule has 1 aromatic carbocycles. The van der Waals surface area contributed by atoms with Crippen LogP contribution in [0.5, 0.6) is 0 Å². The highest BCUT2D eigenvalue weighted by atomic mass is 16.1. The first-order valence-corrected chi connectivity index (χ1v) is 7.03. The third kappa shape index (κ3) is 2.63. The molecule has 4 heteroatoms. The van der Waals surface area contributed by atoms with Gasteiger partial charge in [0.05, 0.1) is 5.52 Å². The number of anilines is 1. The quantitative estimate of drug-likeness (QED) is 0.796. The Balaban J connectivity index is 1.82. The van der Waals surface area contributed by atoms with Crippen LogP contribution in [0.1, 0.15) is 22.8 Å². The van der Waals surface area contributed by atoms with Gasteiger partial charge in [-0.25, -0.2) is 4.98 Å². The van der Waals surface area contributed by atoms with Gasteiger partial charge in [0, 0.05) is 36.5 Å². The van der Waals surface area contributed by atoms with Crippen molar-refractivity contribution in [2.24, 2.45) is 7.05 Å². The van der Waals surface area contributed by atoms with Crippen LogP contribution in [0.2, 0.25) is 0 Å². The van der Waals surface area contributed by atoms with Crippen molar-refractivity contribution in [1.29, 1.82) is 0 Å². The summed E-state index contributed by atoms with van der Waals surface area (Å²) in [5.74, 6) is 0.373. The molecule has 2 heterocycles. The minimum absolute atomic E-state index is 0.172. The van der Waals surface area contributed by atoms with E-state index in [-0.39, 0.29) is 5.91 Å². The van der Waals surface area contributed by atoms with Crippen molar-refractivity contribution in [3.8, 4) is 0 Å². The number of carbonyl (C=O) groups excluding carboxylic acids is 1. The van der Waals surface area contributed by atoms with Crippen molar-refractivity contribution in [2.45, 2.75) is 6.92 Å². The fourth-order valence-corrected chi connectivity index (χ4v) is 2.32. The molecule has 0 fully saturated rings. The molecule has 3 rings (SSSR count). The molecule has 0 aliphatic carbocycles. The molecule has 22 heavy (non-hydrogen) atoms. The zero-order chi connectivity index (χ0) is 15.7. The van der Waals surface area contributed by atoms with Gasteiger partial charge in [0.1, 0.15) is 5.82 Å². The number of fused-ring (bicyclic) bond motifs is 1. The summed E-state index contributed by atoms with van der Waals surface area (Å²) < 4.78 is 1.99. The first kappa shape index (κ1) is 14.1. The number of allylic oxidation sites excluding steroid dienone is 1. The van der Waals surface area contributed by atoms with Crippen molar-refractivity contribution in [1.82, 2.24) is 9.55 Å². The van der Waals surface area contributed by atoms with Gasteiger partial charge < -0.3 is 9.88 Å². The molecule has 0 saturated carbocycles. The van der Waals surface area contributed by atoms with Gasteiger partial charge in [-0.2, -0.15) is 0 Å². The Kier molecular flexibility index (Phi) is 3.51. The van der Waals surface area contributed by atoms with Crippen LogP contribution in [0.15, 0.2) is 55.4 Å². The van der Waals surface area contributed by atoms with E-state index in [1.807, 2.05) is 49.0 Å². The smallest absolute Gasteiger partial charge is 0.256 e. The molecule has 0 unspecified atom stereocenters. The molecule has 0 saturated heterocycles. The fraction of sp³-hybridized carbons (Fsp3) is 0.111. The molecule has 0 spiro atoms.